The van der Waals surface area contributed by atoms with Crippen molar-refractivity contribution in [3.05, 3.63) is 33.6 Å². The van der Waals surface area contributed by atoms with Crippen LogP contribution in [0.2, 0.25) is 5.02 Å². The van der Waals surface area contributed by atoms with Gasteiger partial charge < -0.3 is 9.64 Å². The molecule has 0 aliphatic carbocycles. The number of hydrogen-bond acceptors (Lipinski definition) is 5. The molecule has 0 aromatic carbocycles. The number of thiophene rings is 1. The molecular formula is C19H21ClN4O2S. The second-order valence-corrected chi connectivity index (χ2v) is 8.16. The van der Waals surface area contributed by atoms with Crippen molar-refractivity contribution in [2.75, 3.05) is 26.3 Å². The van der Waals surface area contributed by atoms with Crippen LogP contribution in [-0.2, 0) is 11.8 Å². The number of amides is 1. The van der Waals surface area contributed by atoms with E-state index in [1.807, 2.05) is 32.0 Å². The molecule has 8 heteroatoms. The summed E-state index contributed by atoms with van der Waals surface area (Å²) in [6.45, 7) is 6.45. The molecule has 4 heterocycles. The van der Waals surface area contributed by atoms with Crippen molar-refractivity contribution in [2.24, 2.45) is 7.05 Å². The van der Waals surface area contributed by atoms with Crippen LogP contribution in [0, 0.1) is 13.8 Å². The minimum atomic E-state index is 0.0236. The third-order valence-electron chi connectivity index (χ3n) is 4.88. The number of nitrogens with zero attached hydrogens (tertiary/aromatic N) is 4. The van der Waals surface area contributed by atoms with Gasteiger partial charge in [0.05, 0.1) is 23.5 Å². The highest BCUT2D eigenvalue weighted by atomic mass is 35.5. The maximum atomic E-state index is 13.4. The highest BCUT2D eigenvalue weighted by Gasteiger charge is 2.27. The Morgan fingerprint density at radius 3 is 2.85 bits per heavy atom. The van der Waals surface area contributed by atoms with Gasteiger partial charge in [-0.25, -0.2) is 4.98 Å². The molecule has 0 bridgehead atoms. The predicted molar refractivity (Wildman–Crippen MR) is 108 cm³/mol. The van der Waals surface area contributed by atoms with E-state index in [4.69, 9.17) is 16.3 Å². The second kappa shape index (κ2) is 7.22. The van der Waals surface area contributed by atoms with E-state index < -0.39 is 0 Å². The van der Waals surface area contributed by atoms with E-state index in [2.05, 4.69) is 10.1 Å². The van der Waals surface area contributed by atoms with Crippen LogP contribution >= 0.6 is 22.9 Å². The van der Waals surface area contributed by atoms with Crippen molar-refractivity contribution in [1.82, 2.24) is 19.7 Å². The van der Waals surface area contributed by atoms with Crippen LogP contribution < -0.4 is 0 Å². The molecule has 1 amide bonds. The van der Waals surface area contributed by atoms with Crippen molar-refractivity contribution in [3.8, 4) is 11.1 Å². The van der Waals surface area contributed by atoms with Gasteiger partial charge in [-0.2, -0.15) is 5.10 Å². The predicted octanol–water partition coefficient (Wildman–Crippen LogP) is 3.83. The smallest absolute Gasteiger partial charge is 0.264 e. The van der Waals surface area contributed by atoms with Crippen LogP contribution in [0.3, 0.4) is 0 Å². The van der Waals surface area contributed by atoms with E-state index in [0.717, 1.165) is 39.0 Å². The van der Waals surface area contributed by atoms with Gasteiger partial charge in [0, 0.05) is 49.5 Å². The average Bonchev–Trinajstić information content (AvgIpc) is 3.12. The number of hydrogen-bond donors (Lipinski definition) is 0. The van der Waals surface area contributed by atoms with Crippen LogP contribution in [-0.4, -0.2) is 51.9 Å². The van der Waals surface area contributed by atoms with Crippen LogP contribution in [0.25, 0.3) is 21.3 Å². The summed E-state index contributed by atoms with van der Waals surface area (Å²) in [5, 5.41) is 5.89. The van der Waals surface area contributed by atoms with Crippen LogP contribution in [0.1, 0.15) is 27.3 Å². The first-order valence-corrected chi connectivity index (χ1v) is 10.1. The maximum absolute atomic E-state index is 13.4. The Labute approximate surface area is 166 Å². The van der Waals surface area contributed by atoms with E-state index in [0.29, 0.717) is 36.2 Å². The third kappa shape index (κ3) is 3.24. The average molecular weight is 405 g/mol. The topological polar surface area (TPSA) is 60.3 Å². The van der Waals surface area contributed by atoms with Gasteiger partial charge in [-0.1, -0.05) is 11.6 Å². The lowest BCUT2D eigenvalue weighted by atomic mass is 10.0. The van der Waals surface area contributed by atoms with Gasteiger partial charge in [-0.05, 0) is 25.8 Å². The van der Waals surface area contributed by atoms with Crippen LogP contribution in [0.15, 0.2) is 12.4 Å². The minimum Gasteiger partial charge on any atom is -0.380 e. The molecule has 27 heavy (non-hydrogen) atoms. The molecule has 1 fully saturated rings. The number of rotatable bonds is 2. The SMILES string of the molecule is Cc1nc2sc(C(=O)N3CCCOCC3)c(-c3cnn(C)c3)c2c(C)c1Cl. The fourth-order valence-electron chi connectivity index (χ4n) is 3.50. The lowest BCUT2D eigenvalue weighted by Crippen LogP contribution is -2.32. The zero-order valence-electron chi connectivity index (χ0n) is 15.6. The third-order valence-corrected chi connectivity index (χ3v) is 6.51. The first-order valence-electron chi connectivity index (χ1n) is 8.92. The van der Waals surface area contributed by atoms with E-state index in [1.165, 1.54) is 11.3 Å². The fourth-order valence-corrected chi connectivity index (χ4v) is 4.91. The summed E-state index contributed by atoms with van der Waals surface area (Å²) in [6, 6.07) is 0. The minimum absolute atomic E-state index is 0.0236. The monoisotopic (exact) mass is 404 g/mol. The van der Waals surface area contributed by atoms with Gasteiger partial charge in [0.25, 0.3) is 5.91 Å². The summed E-state index contributed by atoms with van der Waals surface area (Å²) in [7, 11) is 1.87. The standard InChI is InChI=1S/C19H21ClN4O2S/c1-11-14-15(13-9-21-23(3)10-13)17(27-18(14)22-12(2)16(11)20)19(25)24-5-4-7-26-8-6-24/h9-10H,4-8H2,1-3H3. The molecule has 0 saturated carbocycles. The van der Waals surface area contributed by atoms with E-state index in [9.17, 15) is 4.79 Å². The van der Waals surface area contributed by atoms with E-state index in [1.54, 1.807) is 10.9 Å². The molecule has 0 spiro atoms. The number of pyridine rings is 1. The van der Waals surface area contributed by atoms with Crippen molar-refractivity contribution < 1.29 is 9.53 Å². The zero-order valence-corrected chi connectivity index (χ0v) is 17.2. The number of carbonyl (C=O) groups is 1. The molecule has 0 atom stereocenters. The summed E-state index contributed by atoms with van der Waals surface area (Å²) in [6.07, 6.45) is 4.56. The molecule has 3 aromatic heterocycles. The number of ether oxygens (including phenoxy) is 1. The molecule has 3 aromatic rings. The molecule has 6 nitrogen and oxygen atoms in total. The lowest BCUT2D eigenvalue weighted by Gasteiger charge is -2.19. The van der Waals surface area contributed by atoms with Crippen LogP contribution in [0.5, 0.6) is 0 Å². The van der Waals surface area contributed by atoms with Gasteiger partial charge in [-0.15, -0.1) is 11.3 Å². The molecule has 0 unspecified atom stereocenters. The quantitative estimate of drug-likeness (QED) is 0.651. The number of aryl methyl sites for hydroxylation is 3. The van der Waals surface area contributed by atoms with E-state index in [-0.39, 0.29) is 5.91 Å². The number of aromatic nitrogens is 3. The summed E-state index contributed by atoms with van der Waals surface area (Å²) in [4.78, 5) is 21.5. The number of carbonyl (C=O) groups excluding carboxylic acids is 1. The fraction of sp³-hybridized carbons (Fsp3) is 0.421. The molecule has 4 rings (SSSR count). The van der Waals surface area contributed by atoms with E-state index >= 15 is 0 Å². The Kier molecular flexibility index (Phi) is 4.92. The summed E-state index contributed by atoms with van der Waals surface area (Å²) < 4.78 is 7.25. The lowest BCUT2D eigenvalue weighted by molar-refractivity contribution is 0.0747. The summed E-state index contributed by atoms with van der Waals surface area (Å²) in [5.41, 5.74) is 3.52. The Morgan fingerprint density at radius 1 is 1.30 bits per heavy atom. The van der Waals surface area contributed by atoms with Gasteiger partial charge >= 0.3 is 0 Å². The van der Waals surface area contributed by atoms with Crippen molar-refractivity contribution in [1.29, 1.82) is 0 Å². The first kappa shape index (κ1) is 18.4. The molecule has 1 saturated heterocycles. The molecule has 0 radical (unpaired) electrons. The summed E-state index contributed by atoms with van der Waals surface area (Å²) >= 11 is 7.92. The normalized spacial score (nSPS) is 15.3. The van der Waals surface area contributed by atoms with Crippen molar-refractivity contribution >= 4 is 39.1 Å². The Morgan fingerprint density at radius 2 is 2.11 bits per heavy atom. The highest BCUT2D eigenvalue weighted by Crippen LogP contribution is 2.42. The second-order valence-electron chi connectivity index (χ2n) is 6.78. The Hall–Kier alpha value is -1.96. The molecule has 0 N–H and O–H groups in total. The Balaban J connectivity index is 1.94. The van der Waals surface area contributed by atoms with Crippen molar-refractivity contribution in [2.45, 2.75) is 20.3 Å². The van der Waals surface area contributed by atoms with Crippen LogP contribution in [0.4, 0.5) is 0 Å². The zero-order chi connectivity index (χ0) is 19.1. The highest BCUT2D eigenvalue weighted by molar-refractivity contribution is 7.21. The Bertz CT molecular complexity index is 1020. The first-order chi connectivity index (χ1) is 13.0. The van der Waals surface area contributed by atoms with Crippen molar-refractivity contribution in [3.63, 3.8) is 0 Å². The van der Waals surface area contributed by atoms with Gasteiger partial charge in [0.2, 0.25) is 0 Å². The van der Waals surface area contributed by atoms with Gasteiger partial charge in [0.1, 0.15) is 9.71 Å². The number of fused-ring (bicyclic) bond motifs is 1. The molecule has 1 aliphatic heterocycles. The molecule has 142 valence electrons. The molecular weight excluding hydrogens is 384 g/mol. The largest absolute Gasteiger partial charge is 0.380 e. The van der Waals surface area contributed by atoms with Gasteiger partial charge in [0.15, 0.2) is 0 Å². The number of halogens is 1. The molecule has 1 aliphatic rings. The maximum Gasteiger partial charge on any atom is 0.264 e. The van der Waals surface area contributed by atoms with Gasteiger partial charge in [-0.3, -0.25) is 9.48 Å². The summed E-state index contributed by atoms with van der Waals surface area (Å²) in [5.74, 6) is 0.0236.